The highest BCUT2D eigenvalue weighted by molar-refractivity contribution is 5.65. The van der Waals surface area contributed by atoms with E-state index in [1.165, 1.54) is 51.7 Å². The molecule has 3 saturated carbocycles. The normalized spacial score (nSPS) is 33.0. The molecule has 1 saturated heterocycles. The van der Waals surface area contributed by atoms with Crippen molar-refractivity contribution in [3.8, 4) is 0 Å². The third-order valence-electron chi connectivity index (χ3n) is 7.33. The summed E-state index contributed by atoms with van der Waals surface area (Å²) < 4.78 is 0. The molecule has 3 N–H and O–H groups in total. The average Bonchev–Trinajstić information content (AvgIpc) is 2.59. The first kappa shape index (κ1) is 16.3. The minimum Gasteiger partial charge on any atom is -0.397 e. The van der Waals surface area contributed by atoms with Crippen LogP contribution < -0.4 is 11.1 Å². The van der Waals surface area contributed by atoms with Gasteiger partial charge in [0.05, 0.1) is 11.4 Å². The Morgan fingerprint density at radius 2 is 1.75 bits per heavy atom. The summed E-state index contributed by atoms with van der Waals surface area (Å²) in [5.41, 5.74) is 8.66. The van der Waals surface area contributed by atoms with Gasteiger partial charge in [-0.3, -0.25) is 0 Å². The Labute approximate surface area is 147 Å². The number of piperidine rings is 1. The molecule has 1 heterocycles. The average molecular weight is 328 g/mol. The predicted octanol–water partition coefficient (Wildman–Crippen LogP) is 4.22. The number of nitrogens with two attached hydrogens (primary N) is 1. The van der Waals surface area contributed by atoms with E-state index in [0.29, 0.717) is 11.5 Å². The van der Waals surface area contributed by atoms with Crippen LogP contribution in [0.1, 0.15) is 46.0 Å². The van der Waals surface area contributed by atoms with Crippen molar-refractivity contribution in [2.24, 2.45) is 23.2 Å². The number of para-hydroxylation sites is 2. The van der Waals surface area contributed by atoms with Crippen LogP contribution in [0.2, 0.25) is 0 Å². The lowest BCUT2D eigenvalue weighted by atomic mass is 9.47. The van der Waals surface area contributed by atoms with E-state index in [2.05, 4.69) is 36.2 Å². The van der Waals surface area contributed by atoms with Crippen LogP contribution in [0.3, 0.4) is 0 Å². The maximum atomic E-state index is 6.05. The molecule has 1 aromatic rings. The fraction of sp³-hybridized carbons (Fsp3) is 0.714. The second-order valence-electron chi connectivity index (χ2n) is 9.09. The summed E-state index contributed by atoms with van der Waals surface area (Å²) in [6.07, 6.45) is 6.93. The van der Waals surface area contributed by atoms with Crippen molar-refractivity contribution in [2.75, 3.05) is 30.7 Å². The zero-order chi connectivity index (χ0) is 16.7. The molecular formula is C21H33N3. The van der Waals surface area contributed by atoms with Gasteiger partial charge >= 0.3 is 0 Å². The number of hydrogen-bond acceptors (Lipinski definition) is 3. The van der Waals surface area contributed by atoms with Crippen molar-refractivity contribution >= 4 is 11.4 Å². The summed E-state index contributed by atoms with van der Waals surface area (Å²) in [6.45, 7) is 8.80. The van der Waals surface area contributed by atoms with E-state index in [-0.39, 0.29) is 0 Å². The largest absolute Gasteiger partial charge is 0.397 e. The predicted molar refractivity (Wildman–Crippen MR) is 102 cm³/mol. The van der Waals surface area contributed by atoms with Crippen LogP contribution in [0.25, 0.3) is 0 Å². The lowest BCUT2D eigenvalue weighted by Gasteiger charge is -2.59. The summed E-state index contributed by atoms with van der Waals surface area (Å²) in [4.78, 5) is 2.72. The zero-order valence-electron chi connectivity index (χ0n) is 15.3. The third kappa shape index (κ3) is 3.03. The SMILES string of the molecule is CC1(C)[C@@H]2C[C@H](CN3CCC(Nc4ccccc4N)CC3)C[C@H]1C2. The van der Waals surface area contributed by atoms with Crippen molar-refractivity contribution in [3.05, 3.63) is 24.3 Å². The number of rotatable bonds is 4. The van der Waals surface area contributed by atoms with Crippen LogP contribution in [-0.4, -0.2) is 30.6 Å². The fourth-order valence-electron chi connectivity index (χ4n) is 5.45. The summed E-state index contributed by atoms with van der Waals surface area (Å²) in [6, 6.07) is 8.71. The molecule has 0 amide bonds. The molecule has 1 aliphatic heterocycles. The Kier molecular flexibility index (Phi) is 4.24. The highest BCUT2D eigenvalue weighted by Crippen LogP contribution is 2.60. The van der Waals surface area contributed by atoms with E-state index in [4.69, 9.17) is 5.73 Å². The minimum absolute atomic E-state index is 0.574. The lowest BCUT2D eigenvalue weighted by Crippen LogP contribution is -2.52. The molecule has 4 aliphatic rings. The van der Waals surface area contributed by atoms with Gasteiger partial charge < -0.3 is 16.0 Å². The summed E-state index contributed by atoms with van der Waals surface area (Å²) in [7, 11) is 0. The Hall–Kier alpha value is -1.22. The Morgan fingerprint density at radius 1 is 1.08 bits per heavy atom. The number of anilines is 2. The van der Waals surface area contributed by atoms with Crippen LogP contribution in [0.5, 0.6) is 0 Å². The van der Waals surface area contributed by atoms with Gasteiger partial charge in [-0.05, 0) is 67.4 Å². The summed E-state index contributed by atoms with van der Waals surface area (Å²) in [5, 5.41) is 3.65. The highest BCUT2D eigenvalue weighted by Gasteiger charge is 2.52. The van der Waals surface area contributed by atoms with Gasteiger partial charge in [0, 0.05) is 25.7 Å². The molecule has 4 fully saturated rings. The Bertz CT molecular complexity index is 560. The molecule has 3 nitrogen and oxygen atoms in total. The van der Waals surface area contributed by atoms with E-state index in [9.17, 15) is 0 Å². The van der Waals surface area contributed by atoms with Gasteiger partial charge in [0.25, 0.3) is 0 Å². The van der Waals surface area contributed by atoms with Crippen molar-refractivity contribution in [2.45, 2.75) is 52.0 Å². The molecule has 0 aromatic heterocycles. The molecule has 3 heteroatoms. The van der Waals surface area contributed by atoms with E-state index >= 15 is 0 Å². The highest BCUT2D eigenvalue weighted by atomic mass is 15.1. The second-order valence-corrected chi connectivity index (χ2v) is 9.09. The molecule has 24 heavy (non-hydrogen) atoms. The molecular weight excluding hydrogens is 294 g/mol. The van der Waals surface area contributed by atoms with Crippen molar-refractivity contribution < 1.29 is 0 Å². The molecule has 0 unspecified atom stereocenters. The molecule has 5 rings (SSSR count). The first-order valence-corrected chi connectivity index (χ1v) is 9.85. The number of hydrogen-bond donors (Lipinski definition) is 2. The van der Waals surface area contributed by atoms with Crippen LogP contribution in [0.15, 0.2) is 24.3 Å². The van der Waals surface area contributed by atoms with E-state index in [1.807, 2.05) is 12.1 Å². The van der Waals surface area contributed by atoms with Gasteiger partial charge in [-0.15, -0.1) is 0 Å². The van der Waals surface area contributed by atoms with Gasteiger partial charge in [-0.1, -0.05) is 26.0 Å². The molecule has 132 valence electrons. The van der Waals surface area contributed by atoms with Crippen LogP contribution >= 0.6 is 0 Å². The number of nitrogen functional groups attached to an aromatic ring is 1. The maximum absolute atomic E-state index is 6.05. The molecule has 0 spiro atoms. The first-order chi connectivity index (χ1) is 11.5. The first-order valence-electron chi connectivity index (χ1n) is 9.85. The third-order valence-corrected chi connectivity index (χ3v) is 7.33. The number of likely N-dealkylation sites (tertiary alicyclic amines) is 1. The monoisotopic (exact) mass is 327 g/mol. The van der Waals surface area contributed by atoms with Crippen molar-refractivity contribution in [1.82, 2.24) is 4.90 Å². The van der Waals surface area contributed by atoms with Crippen molar-refractivity contribution in [1.29, 1.82) is 0 Å². The van der Waals surface area contributed by atoms with E-state index in [1.54, 1.807) is 0 Å². The Morgan fingerprint density at radius 3 is 2.38 bits per heavy atom. The van der Waals surface area contributed by atoms with Crippen LogP contribution in [-0.2, 0) is 0 Å². The minimum atomic E-state index is 0.574. The molecule has 2 bridgehead atoms. The number of nitrogens with one attached hydrogen (secondary N) is 1. The van der Waals surface area contributed by atoms with Gasteiger partial charge in [-0.25, -0.2) is 0 Å². The van der Waals surface area contributed by atoms with E-state index in [0.717, 1.165) is 29.1 Å². The number of benzene rings is 1. The Balaban J connectivity index is 1.23. The van der Waals surface area contributed by atoms with E-state index < -0.39 is 0 Å². The zero-order valence-corrected chi connectivity index (χ0v) is 15.3. The molecule has 3 aliphatic carbocycles. The summed E-state index contributed by atoms with van der Waals surface area (Å²) >= 11 is 0. The number of nitrogens with zero attached hydrogens (tertiary/aromatic N) is 1. The smallest absolute Gasteiger partial charge is 0.0576 e. The lowest BCUT2D eigenvalue weighted by molar-refractivity contribution is -0.0950. The quantitative estimate of drug-likeness (QED) is 0.814. The van der Waals surface area contributed by atoms with Crippen molar-refractivity contribution in [3.63, 3.8) is 0 Å². The second kappa shape index (κ2) is 6.25. The molecule has 0 radical (unpaired) electrons. The topological polar surface area (TPSA) is 41.3 Å². The molecule has 3 atom stereocenters. The van der Waals surface area contributed by atoms with Gasteiger partial charge in [0.2, 0.25) is 0 Å². The maximum Gasteiger partial charge on any atom is 0.0576 e. The van der Waals surface area contributed by atoms with Gasteiger partial charge in [0.15, 0.2) is 0 Å². The number of fused-ring (bicyclic) bond motifs is 2. The molecule has 1 aromatic carbocycles. The summed E-state index contributed by atoms with van der Waals surface area (Å²) in [5.74, 6) is 2.96. The fourth-order valence-corrected chi connectivity index (χ4v) is 5.45. The van der Waals surface area contributed by atoms with Gasteiger partial charge in [-0.2, -0.15) is 0 Å². The van der Waals surface area contributed by atoms with Crippen LogP contribution in [0, 0.1) is 23.2 Å². The van der Waals surface area contributed by atoms with Gasteiger partial charge in [0.1, 0.15) is 0 Å². The standard InChI is InChI=1S/C21H33N3/c1-21(2)16-11-15(12-17(21)13-16)14-24-9-7-18(8-10-24)23-20-6-4-3-5-19(20)22/h3-6,15-18,23H,7-14,22H2,1-2H3/t15-,16+,17-. The van der Waals surface area contributed by atoms with Crippen LogP contribution in [0.4, 0.5) is 11.4 Å².